The Morgan fingerprint density at radius 2 is 2.25 bits per heavy atom. The molecule has 1 N–H and O–H groups in total. The van der Waals surface area contributed by atoms with E-state index in [0.717, 1.165) is 25.2 Å². The van der Waals surface area contributed by atoms with Gasteiger partial charge >= 0.3 is 0 Å². The zero-order valence-electron chi connectivity index (χ0n) is 11.4. The van der Waals surface area contributed by atoms with Crippen LogP contribution in [-0.2, 0) is 22.7 Å². The number of ether oxygens (including phenoxy) is 1. The molecule has 2 heterocycles. The van der Waals surface area contributed by atoms with Crippen LogP contribution in [0, 0.1) is 5.92 Å². The molecule has 20 heavy (non-hydrogen) atoms. The zero-order chi connectivity index (χ0) is 14.2. The minimum atomic E-state index is -2.91. The molecule has 2 aliphatic heterocycles. The first-order chi connectivity index (χ1) is 9.53. The molecule has 0 aliphatic carbocycles. The lowest BCUT2D eigenvalue weighted by Gasteiger charge is -2.16. The van der Waals surface area contributed by atoms with Crippen LogP contribution in [0.2, 0.25) is 0 Å². The van der Waals surface area contributed by atoms with Gasteiger partial charge in [-0.3, -0.25) is 0 Å². The number of benzene rings is 1. The molecule has 0 saturated carbocycles. The van der Waals surface area contributed by atoms with Gasteiger partial charge in [0.25, 0.3) is 0 Å². The lowest BCUT2D eigenvalue weighted by Crippen LogP contribution is -2.22. The molecule has 3 rings (SSSR count). The second-order valence-electron chi connectivity index (χ2n) is 5.81. The number of fused-ring (bicyclic) bond motifs is 1. The molecule has 0 bridgehead atoms. The minimum absolute atomic E-state index is 0.0854. The molecule has 0 radical (unpaired) electrons. The molecule has 1 aromatic rings. The SMILES string of the molecule is O=S1(=O)CCC(C(O)CCc2ccc3c(c2)CCO3)C1. The zero-order valence-corrected chi connectivity index (χ0v) is 12.2. The van der Waals surface area contributed by atoms with Gasteiger partial charge in [0.2, 0.25) is 0 Å². The summed E-state index contributed by atoms with van der Waals surface area (Å²) in [6.07, 6.45) is 2.44. The van der Waals surface area contributed by atoms with Crippen molar-refractivity contribution in [3.63, 3.8) is 0 Å². The van der Waals surface area contributed by atoms with E-state index in [0.29, 0.717) is 12.8 Å². The number of rotatable bonds is 4. The fraction of sp³-hybridized carbons (Fsp3) is 0.600. The van der Waals surface area contributed by atoms with E-state index in [1.165, 1.54) is 11.1 Å². The highest BCUT2D eigenvalue weighted by Gasteiger charge is 2.32. The van der Waals surface area contributed by atoms with Crippen LogP contribution >= 0.6 is 0 Å². The van der Waals surface area contributed by atoms with Gasteiger partial charge in [0.15, 0.2) is 9.84 Å². The largest absolute Gasteiger partial charge is 0.493 e. The quantitative estimate of drug-likeness (QED) is 0.911. The Hall–Kier alpha value is -1.07. The predicted octanol–water partition coefficient (Wildman–Crippen LogP) is 1.35. The minimum Gasteiger partial charge on any atom is -0.493 e. The first-order valence-corrected chi connectivity index (χ1v) is 8.99. The fourth-order valence-corrected chi connectivity index (χ4v) is 4.94. The summed E-state index contributed by atoms with van der Waals surface area (Å²) in [5.74, 6) is 1.26. The van der Waals surface area contributed by atoms with Crippen LogP contribution in [0.1, 0.15) is 24.0 Å². The van der Waals surface area contributed by atoms with Crippen LogP contribution in [0.15, 0.2) is 18.2 Å². The van der Waals surface area contributed by atoms with Crippen molar-refractivity contribution in [1.29, 1.82) is 0 Å². The maximum atomic E-state index is 11.4. The number of aliphatic hydroxyl groups is 1. The Balaban J connectivity index is 1.57. The van der Waals surface area contributed by atoms with Crippen molar-refractivity contribution < 1.29 is 18.3 Å². The third-order valence-corrected chi connectivity index (χ3v) is 6.09. The van der Waals surface area contributed by atoms with Crippen molar-refractivity contribution in [3.05, 3.63) is 29.3 Å². The van der Waals surface area contributed by atoms with E-state index < -0.39 is 15.9 Å². The van der Waals surface area contributed by atoms with E-state index in [-0.39, 0.29) is 17.4 Å². The fourth-order valence-electron chi connectivity index (χ4n) is 3.07. The van der Waals surface area contributed by atoms with Gasteiger partial charge in [-0.2, -0.15) is 0 Å². The Bertz CT molecular complexity index is 594. The van der Waals surface area contributed by atoms with Gasteiger partial charge in [0.05, 0.1) is 24.2 Å². The Kier molecular flexibility index (Phi) is 3.73. The lowest BCUT2D eigenvalue weighted by atomic mass is 9.95. The van der Waals surface area contributed by atoms with Crippen LogP contribution in [0.5, 0.6) is 5.75 Å². The highest BCUT2D eigenvalue weighted by Crippen LogP contribution is 2.28. The van der Waals surface area contributed by atoms with Gasteiger partial charge in [-0.25, -0.2) is 8.42 Å². The molecule has 0 aromatic heterocycles. The predicted molar refractivity (Wildman–Crippen MR) is 76.7 cm³/mol. The van der Waals surface area contributed by atoms with E-state index in [1.807, 2.05) is 12.1 Å². The second kappa shape index (κ2) is 5.37. The molecule has 1 aromatic carbocycles. The average Bonchev–Trinajstić information content (AvgIpc) is 3.01. The summed E-state index contributed by atoms with van der Waals surface area (Å²) in [4.78, 5) is 0. The maximum Gasteiger partial charge on any atom is 0.150 e. The topological polar surface area (TPSA) is 63.6 Å². The molecule has 1 saturated heterocycles. The summed E-state index contributed by atoms with van der Waals surface area (Å²) >= 11 is 0. The van der Waals surface area contributed by atoms with Crippen LogP contribution in [-0.4, -0.2) is 37.7 Å². The molecule has 1 fully saturated rings. The monoisotopic (exact) mass is 296 g/mol. The lowest BCUT2D eigenvalue weighted by molar-refractivity contribution is 0.111. The standard InChI is InChI=1S/C15H20O4S/c16-14(13-6-8-20(17,18)10-13)3-1-11-2-4-15-12(9-11)5-7-19-15/h2,4,9,13-14,16H,1,3,5-8,10H2. The number of sulfone groups is 1. The number of aliphatic hydroxyl groups excluding tert-OH is 1. The van der Waals surface area contributed by atoms with Crippen LogP contribution in [0.3, 0.4) is 0 Å². The summed E-state index contributed by atoms with van der Waals surface area (Å²) in [5, 5.41) is 10.1. The molecular weight excluding hydrogens is 276 g/mol. The molecule has 0 amide bonds. The van der Waals surface area contributed by atoms with E-state index in [4.69, 9.17) is 4.74 Å². The molecule has 110 valence electrons. The smallest absolute Gasteiger partial charge is 0.150 e. The Morgan fingerprint density at radius 3 is 3.00 bits per heavy atom. The Morgan fingerprint density at radius 1 is 1.40 bits per heavy atom. The van der Waals surface area contributed by atoms with Gasteiger partial charge in [0, 0.05) is 6.42 Å². The van der Waals surface area contributed by atoms with Crippen molar-refractivity contribution in [2.45, 2.75) is 31.8 Å². The normalized spacial score (nSPS) is 25.1. The number of aryl methyl sites for hydroxylation is 1. The molecule has 2 aliphatic rings. The summed E-state index contributed by atoms with van der Waals surface area (Å²) in [5.41, 5.74) is 2.43. The summed E-state index contributed by atoms with van der Waals surface area (Å²) < 4.78 is 28.3. The highest BCUT2D eigenvalue weighted by molar-refractivity contribution is 7.91. The summed E-state index contributed by atoms with van der Waals surface area (Å²) in [7, 11) is -2.91. The van der Waals surface area contributed by atoms with Crippen molar-refractivity contribution >= 4 is 9.84 Å². The molecule has 4 nitrogen and oxygen atoms in total. The van der Waals surface area contributed by atoms with Gasteiger partial charge in [-0.05, 0) is 42.4 Å². The van der Waals surface area contributed by atoms with Gasteiger partial charge in [-0.15, -0.1) is 0 Å². The Labute approximate surface area is 119 Å². The highest BCUT2D eigenvalue weighted by atomic mass is 32.2. The summed E-state index contributed by atoms with van der Waals surface area (Å²) in [6.45, 7) is 0.751. The third-order valence-electron chi connectivity index (χ3n) is 4.29. The van der Waals surface area contributed by atoms with Crippen molar-refractivity contribution in [2.24, 2.45) is 5.92 Å². The van der Waals surface area contributed by atoms with E-state index >= 15 is 0 Å². The van der Waals surface area contributed by atoms with Crippen LogP contribution in [0.25, 0.3) is 0 Å². The summed E-state index contributed by atoms with van der Waals surface area (Å²) in [6, 6.07) is 6.16. The van der Waals surface area contributed by atoms with Crippen molar-refractivity contribution in [3.8, 4) is 5.75 Å². The van der Waals surface area contributed by atoms with Gasteiger partial charge in [0.1, 0.15) is 5.75 Å². The van der Waals surface area contributed by atoms with Crippen molar-refractivity contribution in [2.75, 3.05) is 18.1 Å². The first-order valence-electron chi connectivity index (χ1n) is 7.16. The molecule has 2 atom stereocenters. The molecule has 2 unspecified atom stereocenters. The third kappa shape index (κ3) is 2.99. The molecule has 0 spiro atoms. The van der Waals surface area contributed by atoms with Crippen LogP contribution < -0.4 is 4.74 Å². The second-order valence-corrected chi connectivity index (χ2v) is 8.04. The molecular formula is C15H20O4S. The number of hydrogen-bond donors (Lipinski definition) is 1. The van der Waals surface area contributed by atoms with Gasteiger partial charge in [-0.1, -0.05) is 12.1 Å². The average molecular weight is 296 g/mol. The van der Waals surface area contributed by atoms with Crippen LogP contribution in [0.4, 0.5) is 0 Å². The van der Waals surface area contributed by atoms with E-state index in [2.05, 4.69) is 6.07 Å². The van der Waals surface area contributed by atoms with Crippen molar-refractivity contribution in [1.82, 2.24) is 0 Å². The van der Waals surface area contributed by atoms with Gasteiger partial charge < -0.3 is 9.84 Å². The maximum absolute atomic E-state index is 11.4. The first kappa shape index (κ1) is 13.9. The number of hydrogen-bond acceptors (Lipinski definition) is 4. The molecule has 5 heteroatoms. The van der Waals surface area contributed by atoms with E-state index in [9.17, 15) is 13.5 Å². The van der Waals surface area contributed by atoms with E-state index in [1.54, 1.807) is 0 Å².